The molecule has 22 heavy (non-hydrogen) atoms. The molecular weight excluding hydrogens is 277 g/mol. The zero-order valence-corrected chi connectivity index (χ0v) is 13.4. The lowest BCUT2D eigenvalue weighted by atomic mass is 9.74. The first-order chi connectivity index (χ1) is 10.5. The van der Waals surface area contributed by atoms with Crippen LogP contribution in [0.25, 0.3) is 0 Å². The highest BCUT2D eigenvalue weighted by Crippen LogP contribution is 2.19. The van der Waals surface area contributed by atoms with E-state index in [4.69, 9.17) is 5.73 Å². The molecule has 5 heteroatoms. The van der Waals surface area contributed by atoms with E-state index in [1.807, 2.05) is 30.3 Å². The maximum absolute atomic E-state index is 12.2. The van der Waals surface area contributed by atoms with Crippen molar-refractivity contribution < 1.29 is 14.8 Å². The van der Waals surface area contributed by atoms with Crippen molar-refractivity contribution in [1.82, 2.24) is 0 Å². The minimum absolute atomic E-state index is 0.0256. The molecule has 2 atom stereocenters. The minimum Gasteiger partial charge on any atom is -0.427 e. The Labute approximate surface area is 133 Å². The van der Waals surface area contributed by atoms with E-state index in [9.17, 15) is 14.8 Å². The summed E-state index contributed by atoms with van der Waals surface area (Å²) in [6.45, 7) is 2.12. The molecule has 0 fully saturated rings. The van der Waals surface area contributed by atoms with Crippen LogP contribution < -0.4 is 5.73 Å². The fourth-order valence-electron chi connectivity index (χ4n) is 2.70. The average molecular weight is 305 g/mol. The quantitative estimate of drug-likeness (QED) is 0.432. The summed E-state index contributed by atoms with van der Waals surface area (Å²) in [6, 6.07) is 9.37. The Bertz CT molecular complexity index is 425. The zero-order chi connectivity index (χ0) is 16.4. The molecule has 0 bridgehead atoms. The van der Waals surface area contributed by atoms with Gasteiger partial charge in [0.15, 0.2) is 0 Å². The first kappa shape index (κ1) is 18.9. The number of hydrogen-bond donors (Lipinski definition) is 3. The lowest BCUT2D eigenvalue weighted by molar-refractivity contribution is -0.121. The van der Waals surface area contributed by atoms with Crippen LogP contribution in [-0.4, -0.2) is 29.0 Å². The molecule has 0 radical (unpaired) electrons. The molecule has 0 aliphatic rings. The normalized spacial score (nSPS) is 13.6. The van der Waals surface area contributed by atoms with E-state index in [-0.39, 0.29) is 18.0 Å². The summed E-state index contributed by atoms with van der Waals surface area (Å²) in [5.41, 5.74) is 7.05. The van der Waals surface area contributed by atoms with Gasteiger partial charge in [0.1, 0.15) is 5.78 Å². The topological polar surface area (TPSA) is 83.6 Å². The van der Waals surface area contributed by atoms with Gasteiger partial charge in [-0.05, 0) is 30.6 Å². The molecule has 0 saturated carbocycles. The van der Waals surface area contributed by atoms with Crippen LogP contribution in [-0.2, 0) is 11.2 Å². The predicted molar refractivity (Wildman–Crippen MR) is 90.4 cm³/mol. The fraction of sp³-hybridized carbons (Fsp3) is 0.588. The van der Waals surface area contributed by atoms with Gasteiger partial charge in [-0.2, -0.15) is 0 Å². The first-order valence-electron chi connectivity index (χ1n) is 8.21. The molecule has 1 rings (SSSR count). The first-order valence-corrected chi connectivity index (χ1v) is 8.21. The number of carbonyl (C=O) groups is 1. The zero-order valence-electron chi connectivity index (χ0n) is 13.4. The average Bonchev–Trinajstić information content (AvgIpc) is 2.47. The molecule has 4 nitrogen and oxygen atoms in total. The Balaban J connectivity index is 2.54. The SMILES string of the molecule is CCCCC[C@H](N)C(=O)C[C@@H](CB(O)O)Cc1ccccc1. The molecule has 122 valence electrons. The van der Waals surface area contributed by atoms with E-state index in [1.165, 1.54) is 0 Å². The van der Waals surface area contributed by atoms with Crippen molar-refractivity contribution in [1.29, 1.82) is 0 Å². The van der Waals surface area contributed by atoms with Gasteiger partial charge in [-0.3, -0.25) is 4.79 Å². The molecule has 0 heterocycles. The summed E-state index contributed by atoms with van der Waals surface area (Å²) < 4.78 is 0. The maximum Gasteiger partial charge on any atom is 0.451 e. The van der Waals surface area contributed by atoms with Crippen molar-refractivity contribution >= 4 is 12.9 Å². The van der Waals surface area contributed by atoms with E-state index >= 15 is 0 Å². The van der Waals surface area contributed by atoms with Crippen LogP contribution in [0.15, 0.2) is 30.3 Å². The van der Waals surface area contributed by atoms with Gasteiger partial charge in [-0.1, -0.05) is 56.5 Å². The third kappa shape index (κ3) is 7.73. The molecule has 1 aromatic carbocycles. The number of Topliss-reactive ketones (excluding diaryl/α,β-unsaturated/α-hetero) is 1. The molecule has 0 spiro atoms. The molecular formula is C17H28BNO3. The molecule has 0 amide bonds. The van der Waals surface area contributed by atoms with Gasteiger partial charge in [0.2, 0.25) is 0 Å². The summed E-state index contributed by atoms with van der Waals surface area (Å²) in [5, 5.41) is 18.5. The Kier molecular flexibility index (Phi) is 9.05. The van der Waals surface area contributed by atoms with Crippen LogP contribution in [0.2, 0.25) is 6.32 Å². The summed E-state index contributed by atoms with van der Waals surface area (Å²) in [4.78, 5) is 12.2. The highest BCUT2D eigenvalue weighted by Gasteiger charge is 2.23. The Morgan fingerprint density at radius 3 is 2.50 bits per heavy atom. The van der Waals surface area contributed by atoms with E-state index in [2.05, 4.69) is 6.92 Å². The van der Waals surface area contributed by atoms with Gasteiger partial charge in [-0.15, -0.1) is 0 Å². The second-order valence-electron chi connectivity index (χ2n) is 6.04. The highest BCUT2D eigenvalue weighted by atomic mass is 16.4. The van der Waals surface area contributed by atoms with E-state index < -0.39 is 13.2 Å². The summed E-state index contributed by atoms with van der Waals surface area (Å²) >= 11 is 0. The van der Waals surface area contributed by atoms with Crippen molar-refractivity contribution in [3.8, 4) is 0 Å². The van der Waals surface area contributed by atoms with Gasteiger partial charge in [-0.25, -0.2) is 0 Å². The van der Waals surface area contributed by atoms with Gasteiger partial charge in [0, 0.05) is 6.42 Å². The number of rotatable bonds is 11. The van der Waals surface area contributed by atoms with Crippen molar-refractivity contribution in [3.63, 3.8) is 0 Å². The van der Waals surface area contributed by atoms with E-state index in [0.29, 0.717) is 19.3 Å². The number of hydrogen-bond acceptors (Lipinski definition) is 4. The smallest absolute Gasteiger partial charge is 0.427 e. The third-order valence-electron chi connectivity index (χ3n) is 3.93. The number of benzene rings is 1. The molecule has 0 aliphatic heterocycles. The van der Waals surface area contributed by atoms with Crippen LogP contribution >= 0.6 is 0 Å². The maximum atomic E-state index is 12.2. The van der Waals surface area contributed by atoms with Crippen LogP contribution in [0, 0.1) is 5.92 Å². The van der Waals surface area contributed by atoms with Crippen LogP contribution in [0.3, 0.4) is 0 Å². The molecule has 0 saturated heterocycles. The van der Waals surface area contributed by atoms with Crippen LogP contribution in [0.4, 0.5) is 0 Å². The van der Waals surface area contributed by atoms with Crippen molar-refractivity contribution in [3.05, 3.63) is 35.9 Å². The van der Waals surface area contributed by atoms with Gasteiger partial charge < -0.3 is 15.8 Å². The largest absolute Gasteiger partial charge is 0.451 e. The van der Waals surface area contributed by atoms with Crippen LogP contribution in [0.1, 0.15) is 44.6 Å². The lowest BCUT2D eigenvalue weighted by Gasteiger charge is -2.18. The van der Waals surface area contributed by atoms with Gasteiger partial charge >= 0.3 is 7.12 Å². The molecule has 1 aromatic rings. The number of carbonyl (C=O) groups excluding carboxylic acids is 1. The summed E-state index contributed by atoms with van der Waals surface area (Å²) in [6.07, 6.45) is 5.04. The van der Waals surface area contributed by atoms with E-state index in [1.54, 1.807) is 0 Å². The minimum atomic E-state index is -1.39. The van der Waals surface area contributed by atoms with Crippen molar-refractivity contribution in [2.75, 3.05) is 0 Å². The Morgan fingerprint density at radius 1 is 1.23 bits per heavy atom. The second-order valence-corrected chi connectivity index (χ2v) is 6.04. The monoisotopic (exact) mass is 305 g/mol. The lowest BCUT2D eigenvalue weighted by Crippen LogP contribution is -2.33. The molecule has 0 aliphatic carbocycles. The molecule has 0 aromatic heterocycles. The highest BCUT2D eigenvalue weighted by molar-refractivity contribution is 6.41. The van der Waals surface area contributed by atoms with Crippen molar-refractivity contribution in [2.45, 2.75) is 57.8 Å². The standard InChI is InChI=1S/C17H28BNO3/c1-2-3-5-10-16(19)17(20)12-15(13-18(21)22)11-14-8-6-4-7-9-14/h4,6-9,15-16,21-22H,2-3,5,10-13,19H2,1H3/t15-,16-/m0/s1. The summed E-state index contributed by atoms with van der Waals surface area (Å²) in [7, 11) is -1.39. The molecule has 4 N–H and O–H groups in total. The number of ketones is 1. The number of unbranched alkanes of at least 4 members (excludes halogenated alkanes) is 2. The van der Waals surface area contributed by atoms with Crippen LogP contribution in [0.5, 0.6) is 0 Å². The van der Waals surface area contributed by atoms with E-state index in [0.717, 1.165) is 24.8 Å². The number of nitrogens with two attached hydrogens (primary N) is 1. The fourth-order valence-corrected chi connectivity index (χ4v) is 2.70. The molecule has 0 unspecified atom stereocenters. The Hall–Kier alpha value is -1.17. The van der Waals surface area contributed by atoms with Gasteiger partial charge in [0.05, 0.1) is 6.04 Å². The second kappa shape index (κ2) is 10.5. The third-order valence-corrected chi connectivity index (χ3v) is 3.93. The predicted octanol–water partition coefficient (Wildman–Crippen LogP) is 2.18. The van der Waals surface area contributed by atoms with Crippen molar-refractivity contribution in [2.24, 2.45) is 11.7 Å². The summed E-state index contributed by atoms with van der Waals surface area (Å²) in [5.74, 6) is -0.0650. The Morgan fingerprint density at radius 2 is 1.91 bits per heavy atom. The van der Waals surface area contributed by atoms with Gasteiger partial charge in [0.25, 0.3) is 0 Å².